The van der Waals surface area contributed by atoms with Gasteiger partial charge in [0.1, 0.15) is 5.76 Å². The van der Waals surface area contributed by atoms with E-state index in [4.69, 9.17) is 4.42 Å². The highest BCUT2D eigenvalue weighted by Gasteiger charge is 2.24. The molecule has 1 aliphatic heterocycles. The fourth-order valence-electron chi connectivity index (χ4n) is 3.93. The van der Waals surface area contributed by atoms with Crippen molar-refractivity contribution in [1.82, 2.24) is 15.5 Å². The summed E-state index contributed by atoms with van der Waals surface area (Å²) in [5.74, 6) is 1.86. The molecule has 0 radical (unpaired) electrons. The molecule has 8 heteroatoms. The van der Waals surface area contributed by atoms with Crippen LogP contribution < -0.4 is 10.6 Å². The Hall–Kier alpha value is -2.32. The van der Waals surface area contributed by atoms with E-state index < -0.39 is 9.84 Å². The molecule has 0 aliphatic carbocycles. The third-order valence-corrected chi connectivity index (χ3v) is 7.23. The summed E-state index contributed by atoms with van der Waals surface area (Å²) >= 11 is 0. The van der Waals surface area contributed by atoms with Crippen LogP contribution in [0.4, 0.5) is 0 Å². The van der Waals surface area contributed by atoms with E-state index in [2.05, 4.69) is 20.5 Å². The summed E-state index contributed by atoms with van der Waals surface area (Å²) in [7, 11) is -1.40. The molecule has 0 amide bonds. The summed E-state index contributed by atoms with van der Waals surface area (Å²) in [4.78, 5) is 6.74. The van der Waals surface area contributed by atoms with Crippen molar-refractivity contribution in [2.75, 3.05) is 39.0 Å². The van der Waals surface area contributed by atoms with Gasteiger partial charge in [0.25, 0.3) is 0 Å². The maximum absolute atomic E-state index is 12.3. The zero-order valence-corrected chi connectivity index (χ0v) is 19.1. The van der Waals surface area contributed by atoms with Crippen LogP contribution in [-0.2, 0) is 15.6 Å². The van der Waals surface area contributed by atoms with Crippen molar-refractivity contribution in [3.05, 3.63) is 60.1 Å². The fourth-order valence-corrected chi connectivity index (χ4v) is 5.36. The molecule has 2 heterocycles. The quantitative estimate of drug-likeness (QED) is 0.331. The first kappa shape index (κ1) is 23.3. The fraction of sp³-hybridized carbons (Fsp3) is 0.522. The van der Waals surface area contributed by atoms with Crippen LogP contribution in [0.15, 0.2) is 58.1 Å². The van der Waals surface area contributed by atoms with Crippen LogP contribution in [0.5, 0.6) is 0 Å². The van der Waals surface area contributed by atoms with Crippen LogP contribution >= 0.6 is 0 Å². The Kier molecular flexibility index (Phi) is 8.97. The van der Waals surface area contributed by atoms with Gasteiger partial charge in [-0.1, -0.05) is 36.8 Å². The van der Waals surface area contributed by atoms with Crippen LogP contribution in [0.25, 0.3) is 0 Å². The van der Waals surface area contributed by atoms with Gasteiger partial charge in [-0.15, -0.1) is 0 Å². The summed E-state index contributed by atoms with van der Waals surface area (Å²) in [5.41, 5.74) is 0.828. The molecule has 2 N–H and O–H groups in total. The molecule has 1 aromatic carbocycles. The van der Waals surface area contributed by atoms with Crippen LogP contribution in [0.3, 0.4) is 0 Å². The highest BCUT2D eigenvalue weighted by atomic mass is 32.2. The highest BCUT2D eigenvalue weighted by molar-refractivity contribution is 7.90. The van der Waals surface area contributed by atoms with E-state index in [9.17, 15) is 8.42 Å². The third kappa shape index (κ3) is 7.70. The molecule has 2 aromatic rings. The summed E-state index contributed by atoms with van der Waals surface area (Å²) in [5, 5.41) is 6.62. The molecule has 1 aromatic heterocycles. The lowest BCUT2D eigenvalue weighted by atomic mass is 10.1. The number of hydrogen-bond donors (Lipinski definition) is 2. The van der Waals surface area contributed by atoms with Crippen LogP contribution in [-0.4, -0.2) is 58.3 Å². The molecular weight excluding hydrogens is 412 g/mol. The molecule has 170 valence electrons. The minimum absolute atomic E-state index is 0.0848. The topological polar surface area (TPSA) is 86.9 Å². The first-order valence-corrected chi connectivity index (χ1v) is 12.9. The first-order valence-electron chi connectivity index (χ1n) is 11.0. The molecule has 3 rings (SSSR count). The Morgan fingerprint density at radius 1 is 1.10 bits per heavy atom. The Morgan fingerprint density at radius 2 is 1.87 bits per heavy atom. The predicted molar refractivity (Wildman–Crippen MR) is 125 cm³/mol. The number of likely N-dealkylation sites (tertiary alicyclic amines) is 1. The van der Waals surface area contributed by atoms with Gasteiger partial charge in [-0.3, -0.25) is 9.89 Å². The van der Waals surface area contributed by atoms with E-state index in [1.165, 1.54) is 19.3 Å². The van der Waals surface area contributed by atoms with Gasteiger partial charge in [0.2, 0.25) is 0 Å². The minimum Gasteiger partial charge on any atom is -0.468 e. The SMILES string of the molecule is CN=C(NCCCS(=O)(=O)Cc1ccccc1)NCC(c1ccco1)N1CCCCC1. The second-order valence-corrected chi connectivity index (χ2v) is 10.1. The zero-order chi connectivity index (χ0) is 21.9. The van der Waals surface area contributed by atoms with E-state index in [1.807, 2.05) is 42.5 Å². The van der Waals surface area contributed by atoms with E-state index in [0.29, 0.717) is 25.5 Å². The molecule has 1 unspecified atom stereocenters. The number of nitrogens with one attached hydrogen (secondary N) is 2. The predicted octanol–water partition coefficient (Wildman–Crippen LogP) is 2.98. The van der Waals surface area contributed by atoms with E-state index in [1.54, 1.807) is 13.3 Å². The number of sulfone groups is 1. The number of rotatable bonds is 10. The Balaban J connectivity index is 1.44. The van der Waals surface area contributed by atoms with Gasteiger partial charge in [-0.05, 0) is 50.0 Å². The van der Waals surface area contributed by atoms with Crippen molar-refractivity contribution >= 4 is 15.8 Å². The van der Waals surface area contributed by atoms with Gasteiger partial charge in [0, 0.05) is 20.1 Å². The molecule has 1 atom stereocenters. The van der Waals surface area contributed by atoms with Crippen molar-refractivity contribution in [2.24, 2.45) is 4.99 Å². The average molecular weight is 447 g/mol. The molecule has 1 fully saturated rings. The number of guanidine groups is 1. The van der Waals surface area contributed by atoms with Gasteiger partial charge >= 0.3 is 0 Å². The highest BCUT2D eigenvalue weighted by Crippen LogP contribution is 2.24. The number of furan rings is 1. The summed E-state index contributed by atoms with van der Waals surface area (Å²) in [6.07, 6.45) is 5.95. The van der Waals surface area contributed by atoms with E-state index >= 15 is 0 Å². The van der Waals surface area contributed by atoms with Crippen molar-refractivity contribution in [2.45, 2.75) is 37.5 Å². The van der Waals surface area contributed by atoms with Crippen LogP contribution in [0, 0.1) is 0 Å². The number of nitrogens with zero attached hydrogens (tertiary/aromatic N) is 2. The molecule has 0 spiro atoms. The van der Waals surface area contributed by atoms with Crippen molar-refractivity contribution in [3.63, 3.8) is 0 Å². The second kappa shape index (κ2) is 11.9. The third-order valence-electron chi connectivity index (χ3n) is 5.54. The molecule has 1 aliphatic rings. The number of aliphatic imine (C=N–C) groups is 1. The molecular formula is C23H34N4O3S. The average Bonchev–Trinajstić information content (AvgIpc) is 3.31. The first-order chi connectivity index (χ1) is 15.1. The van der Waals surface area contributed by atoms with Gasteiger partial charge in [-0.25, -0.2) is 8.42 Å². The Morgan fingerprint density at radius 3 is 2.55 bits per heavy atom. The smallest absolute Gasteiger partial charge is 0.191 e. The lowest BCUT2D eigenvalue weighted by Crippen LogP contribution is -2.44. The molecule has 0 saturated carbocycles. The Bertz CT molecular complexity index is 892. The van der Waals surface area contributed by atoms with Crippen molar-refractivity contribution in [1.29, 1.82) is 0 Å². The Labute approximate surface area is 185 Å². The normalized spacial score (nSPS) is 16.7. The van der Waals surface area contributed by atoms with Gasteiger partial charge in [0.05, 0.1) is 23.8 Å². The molecule has 0 bridgehead atoms. The van der Waals surface area contributed by atoms with E-state index in [-0.39, 0.29) is 17.5 Å². The number of hydrogen-bond acceptors (Lipinski definition) is 5. The second-order valence-electron chi connectivity index (χ2n) is 7.94. The zero-order valence-electron chi connectivity index (χ0n) is 18.3. The van der Waals surface area contributed by atoms with Crippen LogP contribution in [0.1, 0.15) is 43.0 Å². The molecule has 1 saturated heterocycles. The number of piperidine rings is 1. The molecule has 7 nitrogen and oxygen atoms in total. The summed E-state index contributed by atoms with van der Waals surface area (Å²) < 4.78 is 30.4. The molecule has 31 heavy (non-hydrogen) atoms. The summed E-state index contributed by atoms with van der Waals surface area (Å²) in [6, 6.07) is 13.4. The maximum Gasteiger partial charge on any atom is 0.191 e. The van der Waals surface area contributed by atoms with Gasteiger partial charge in [0.15, 0.2) is 15.8 Å². The number of benzene rings is 1. The van der Waals surface area contributed by atoms with E-state index in [0.717, 1.165) is 24.4 Å². The largest absolute Gasteiger partial charge is 0.468 e. The minimum atomic E-state index is -3.13. The monoisotopic (exact) mass is 446 g/mol. The lowest BCUT2D eigenvalue weighted by molar-refractivity contribution is 0.146. The van der Waals surface area contributed by atoms with Gasteiger partial charge in [-0.2, -0.15) is 0 Å². The van der Waals surface area contributed by atoms with Crippen molar-refractivity contribution in [3.8, 4) is 0 Å². The van der Waals surface area contributed by atoms with Crippen LogP contribution in [0.2, 0.25) is 0 Å². The maximum atomic E-state index is 12.3. The standard InChI is InChI=1S/C23H34N4O3S/c1-24-23(25-13-9-17-31(28,29)19-20-10-4-2-5-11-20)26-18-21(22-12-8-16-30-22)27-14-6-3-7-15-27/h2,4-5,8,10-12,16,21H,3,6-7,9,13-15,17-19H2,1H3,(H2,24,25,26). The summed E-state index contributed by atoms with van der Waals surface area (Å²) in [6.45, 7) is 3.36. The van der Waals surface area contributed by atoms with Crippen molar-refractivity contribution < 1.29 is 12.8 Å². The van der Waals surface area contributed by atoms with Gasteiger partial charge < -0.3 is 15.1 Å². The lowest BCUT2D eigenvalue weighted by Gasteiger charge is -2.33.